The summed E-state index contributed by atoms with van der Waals surface area (Å²) in [6.45, 7) is 7.71. The van der Waals surface area contributed by atoms with Gasteiger partial charge in [0.15, 0.2) is 0 Å². The number of hydrogen-bond acceptors (Lipinski definition) is 7. The van der Waals surface area contributed by atoms with Gasteiger partial charge in [0.2, 0.25) is 5.88 Å². The smallest absolute Gasteiger partial charge is 0.308 e. The zero-order chi connectivity index (χ0) is 23.1. The lowest BCUT2D eigenvalue weighted by molar-refractivity contribution is -0.152. The Morgan fingerprint density at radius 1 is 1.06 bits per heavy atom. The molecule has 0 spiro atoms. The zero-order valence-corrected chi connectivity index (χ0v) is 20.3. The van der Waals surface area contributed by atoms with Crippen LogP contribution >= 0.6 is 11.3 Å². The quantitative estimate of drug-likeness (QED) is 0.406. The number of nitrogens with zero attached hydrogens (tertiary/aromatic N) is 2. The van der Waals surface area contributed by atoms with Gasteiger partial charge in [-0.25, -0.2) is 9.97 Å². The van der Waals surface area contributed by atoms with E-state index in [4.69, 9.17) is 19.2 Å². The molecule has 0 amide bonds. The Morgan fingerprint density at radius 3 is 2.41 bits per heavy atom. The van der Waals surface area contributed by atoms with Gasteiger partial charge in [0.1, 0.15) is 17.5 Å². The first-order chi connectivity index (χ1) is 15.4. The molecule has 0 aliphatic heterocycles. The molecule has 1 fully saturated rings. The SMILES string of the molecule is CC(C)C(=O)OC1CCCC1.COc1ccc2nc(OC(C)C)c(-c3cccs3)nc2c1. The van der Waals surface area contributed by atoms with E-state index in [-0.39, 0.29) is 24.1 Å². The second-order valence-electron chi connectivity index (χ2n) is 8.37. The van der Waals surface area contributed by atoms with Crippen LogP contribution in [0.3, 0.4) is 0 Å². The van der Waals surface area contributed by atoms with Gasteiger partial charge in [-0.1, -0.05) is 19.9 Å². The molecule has 7 heteroatoms. The molecule has 0 N–H and O–H groups in total. The van der Waals surface area contributed by atoms with Crippen LogP contribution in [0.4, 0.5) is 0 Å². The normalized spacial score (nSPS) is 13.8. The summed E-state index contributed by atoms with van der Waals surface area (Å²) < 4.78 is 16.3. The van der Waals surface area contributed by atoms with E-state index in [2.05, 4.69) is 4.98 Å². The molecule has 172 valence electrons. The van der Waals surface area contributed by atoms with Crippen LogP contribution in [0.25, 0.3) is 21.6 Å². The molecule has 0 bridgehead atoms. The first-order valence-electron chi connectivity index (χ1n) is 11.1. The van der Waals surface area contributed by atoms with Crippen molar-refractivity contribution in [2.45, 2.75) is 65.6 Å². The third-order valence-corrected chi connectivity index (χ3v) is 5.87. The average Bonchev–Trinajstić information content (AvgIpc) is 3.47. The number of carbonyl (C=O) groups is 1. The average molecular weight is 457 g/mol. The minimum Gasteiger partial charge on any atom is -0.497 e. The largest absolute Gasteiger partial charge is 0.497 e. The third-order valence-electron chi connectivity index (χ3n) is 5.00. The monoisotopic (exact) mass is 456 g/mol. The number of methoxy groups -OCH3 is 1. The van der Waals surface area contributed by atoms with Crippen LogP contribution in [-0.4, -0.2) is 35.3 Å². The molecular weight excluding hydrogens is 424 g/mol. The van der Waals surface area contributed by atoms with Gasteiger partial charge >= 0.3 is 5.97 Å². The maximum absolute atomic E-state index is 11.1. The van der Waals surface area contributed by atoms with Crippen LogP contribution in [0.15, 0.2) is 35.7 Å². The van der Waals surface area contributed by atoms with E-state index in [9.17, 15) is 4.79 Å². The number of ether oxygens (including phenoxy) is 3. The maximum atomic E-state index is 11.1. The first-order valence-corrected chi connectivity index (χ1v) is 12.0. The molecular formula is C25H32N2O4S. The van der Waals surface area contributed by atoms with Gasteiger partial charge in [-0.3, -0.25) is 4.79 Å². The Bertz CT molecular complexity index is 1010. The van der Waals surface area contributed by atoms with Crippen molar-refractivity contribution in [3.63, 3.8) is 0 Å². The summed E-state index contributed by atoms with van der Waals surface area (Å²) >= 11 is 1.62. The molecule has 3 aromatic rings. The summed E-state index contributed by atoms with van der Waals surface area (Å²) in [6, 6.07) is 9.68. The van der Waals surface area contributed by atoms with Gasteiger partial charge in [-0.05, 0) is 63.1 Å². The molecule has 4 rings (SSSR count). The van der Waals surface area contributed by atoms with Crippen LogP contribution in [-0.2, 0) is 9.53 Å². The molecule has 1 saturated carbocycles. The second-order valence-corrected chi connectivity index (χ2v) is 9.32. The Morgan fingerprint density at radius 2 is 1.81 bits per heavy atom. The fourth-order valence-corrected chi connectivity index (χ4v) is 4.04. The Kier molecular flexibility index (Phi) is 8.45. The Labute approximate surface area is 193 Å². The van der Waals surface area contributed by atoms with E-state index >= 15 is 0 Å². The number of rotatable bonds is 6. The van der Waals surface area contributed by atoms with Gasteiger partial charge in [-0.2, -0.15) is 0 Å². The highest BCUT2D eigenvalue weighted by Gasteiger charge is 2.20. The third kappa shape index (κ3) is 6.42. The molecule has 0 radical (unpaired) electrons. The van der Waals surface area contributed by atoms with Crippen molar-refractivity contribution in [2.75, 3.05) is 7.11 Å². The summed E-state index contributed by atoms with van der Waals surface area (Å²) in [7, 11) is 1.64. The predicted octanol–water partition coefficient (Wildman–Crippen LogP) is 6.28. The Hall–Kier alpha value is -2.67. The predicted molar refractivity (Wildman–Crippen MR) is 128 cm³/mol. The van der Waals surface area contributed by atoms with Gasteiger partial charge in [0, 0.05) is 6.07 Å². The van der Waals surface area contributed by atoms with Crippen molar-refractivity contribution in [3.05, 3.63) is 35.7 Å². The molecule has 0 atom stereocenters. The van der Waals surface area contributed by atoms with Crippen molar-refractivity contribution >= 4 is 28.3 Å². The molecule has 2 heterocycles. The van der Waals surface area contributed by atoms with E-state index in [1.54, 1.807) is 18.4 Å². The highest BCUT2D eigenvalue weighted by molar-refractivity contribution is 7.13. The molecule has 6 nitrogen and oxygen atoms in total. The number of carbonyl (C=O) groups excluding carboxylic acids is 1. The lowest BCUT2D eigenvalue weighted by Crippen LogP contribution is -2.18. The summed E-state index contributed by atoms with van der Waals surface area (Å²) in [5.41, 5.74) is 2.38. The summed E-state index contributed by atoms with van der Waals surface area (Å²) in [5.74, 6) is 1.32. The minimum atomic E-state index is -0.0445. The molecule has 0 saturated heterocycles. The number of thiophene rings is 1. The maximum Gasteiger partial charge on any atom is 0.308 e. The van der Waals surface area contributed by atoms with Crippen molar-refractivity contribution < 1.29 is 19.0 Å². The molecule has 2 aromatic heterocycles. The van der Waals surface area contributed by atoms with Crippen LogP contribution in [0.2, 0.25) is 0 Å². The molecule has 32 heavy (non-hydrogen) atoms. The number of fused-ring (bicyclic) bond motifs is 1. The first kappa shape index (κ1) is 24.0. The van der Waals surface area contributed by atoms with E-state index in [0.717, 1.165) is 40.2 Å². The van der Waals surface area contributed by atoms with Crippen molar-refractivity contribution in [1.29, 1.82) is 0 Å². The highest BCUT2D eigenvalue weighted by Crippen LogP contribution is 2.33. The molecule has 1 aliphatic carbocycles. The van der Waals surface area contributed by atoms with Crippen molar-refractivity contribution in [1.82, 2.24) is 9.97 Å². The van der Waals surface area contributed by atoms with E-state index < -0.39 is 0 Å². The van der Waals surface area contributed by atoms with E-state index in [1.165, 1.54) is 12.8 Å². The molecule has 1 aliphatic rings. The fraction of sp³-hybridized carbons (Fsp3) is 0.480. The van der Waals surface area contributed by atoms with Crippen LogP contribution in [0, 0.1) is 5.92 Å². The highest BCUT2D eigenvalue weighted by atomic mass is 32.1. The fourth-order valence-electron chi connectivity index (χ4n) is 3.33. The van der Waals surface area contributed by atoms with Crippen LogP contribution in [0.1, 0.15) is 53.4 Å². The van der Waals surface area contributed by atoms with Crippen LogP contribution in [0.5, 0.6) is 11.6 Å². The van der Waals surface area contributed by atoms with Crippen molar-refractivity contribution in [2.24, 2.45) is 5.92 Å². The topological polar surface area (TPSA) is 70.5 Å². The Balaban J connectivity index is 0.000000222. The molecule has 1 aromatic carbocycles. The summed E-state index contributed by atoms with van der Waals surface area (Å²) in [6.07, 6.45) is 4.85. The standard InChI is InChI=1S/C16H16N2O2S.C9H16O2/c1-10(2)20-16-15(14-5-4-8-21-14)17-13-9-11(19-3)6-7-12(13)18-16;1-7(2)9(10)11-8-5-3-4-6-8/h4-10H,1-3H3;7-8H,3-6H2,1-2H3. The van der Waals surface area contributed by atoms with Gasteiger partial charge in [0.25, 0.3) is 0 Å². The van der Waals surface area contributed by atoms with Gasteiger partial charge < -0.3 is 14.2 Å². The van der Waals surface area contributed by atoms with Crippen molar-refractivity contribution in [3.8, 4) is 22.2 Å². The van der Waals surface area contributed by atoms with Gasteiger partial charge in [-0.15, -0.1) is 11.3 Å². The molecule has 0 unspecified atom stereocenters. The lowest BCUT2D eigenvalue weighted by atomic mass is 10.2. The summed E-state index contributed by atoms with van der Waals surface area (Å²) in [5, 5.41) is 2.02. The van der Waals surface area contributed by atoms with E-state index in [0.29, 0.717) is 5.88 Å². The summed E-state index contributed by atoms with van der Waals surface area (Å²) in [4.78, 5) is 21.5. The number of hydrogen-bond donors (Lipinski definition) is 0. The second kappa shape index (κ2) is 11.3. The minimum absolute atomic E-state index is 0.0237. The zero-order valence-electron chi connectivity index (χ0n) is 19.5. The van der Waals surface area contributed by atoms with E-state index in [1.807, 2.05) is 63.4 Å². The number of benzene rings is 1. The lowest BCUT2D eigenvalue weighted by Gasteiger charge is -2.13. The number of esters is 1. The van der Waals surface area contributed by atoms with Crippen LogP contribution < -0.4 is 9.47 Å². The van der Waals surface area contributed by atoms with Gasteiger partial charge in [0.05, 0.1) is 35.0 Å². The number of aromatic nitrogens is 2.